The highest BCUT2D eigenvalue weighted by Gasteiger charge is 2.08. The van der Waals surface area contributed by atoms with Crippen molar-refractivity contribution in [1.82, 2.24) is 10.4 Å². The second-order valence-electron chi connectivity index (χ2n) is 4.58. The Bertz CT molecular complexity index is 813. The first kappa shape index (κ1) is 15.8. The average molecular weight is 390 g/mol. The molecule has 0 aliphatic rings. The van der Waals surface area contributed by atoms with Gasteiger partial charge in [0.2, 0.25) is 0 Å². The van der Waals surface area contributed by atoms with Gasteiger partial charge in [0.05, 0.1) is 12.0 Å². The van der Waals surface area contributed by atoms with Gasteiger partial charge in [-0.25, -0.2) is 10.4 Å². The molecule has 0 spiro atoms. The normalized spacial score (nSPS) is 11.2. The number of nitrogens with one attached hydrogen (secondary N) is 1. The summed E-state index contributed by atoms with van der Waals surface area (Å²) in [6.45, 7) is 0. The minimum atomic E-state index is -0.217. The van der Waals surface area contributed by atoms with Crippen LogP contribution in [0.25, 0.3) is 11.1 Å². The fraction of sp³-hybridized carbons (Fsp3) is 0.0625. The Morgan fingerprint density at radius 2 is 2.04 bits per heavy atom. The van der Waals surface area contributed by atoms with Gasteiger partial charge in [-0.2, -0.15) is 5.10 Å². The molecule has 0 aliphatic carbocycles. The van der Waals surface area contributed by atoms with Crippen molar-refractivity contribution in [3.8, 4) is 0 Å². The number of hydrogen-bond acceptors (Lipinski definition) is 5. The first-order valence-corrected chi connectivity index (χ1v) is 8.54. The van der Waals surface area contributed by atoms with Crippen LogP contribution in [0.2, 0.25) is 0 Å². The summed E-state index contributed by atoms with van der Waals surface area (Å²) < 4.78 is 6.53. The lowest BCUT2D eigenvalue weighted by molar-refractivity contribution is -0.118. The Hall–Kier alpha value is -2.12. The van der Waals surface area contributed by atoms with Crippen molar-refractivity contribution in [2.45, 2.75) is 5.22 Å². The molecule has 1 aromatic heterocycles. The Morgan fingerprint density at radius 1 is 1.26 bits per heavy atom. The number of rotatable bonds is 5. The second-order valence-corrected chi connectivity index (χ2v) is 6.42. The summed E-state index contributed by atoms with van der Waals surface area (Å²) in [5, 5.41) is 4.39. The third-order valence-electron chi connectivity index (χ3n) is 2.87. The van der Waals surface area contributed by atoms with E-state index in [1.807, 2.05) is 48.5 Å². The molecule has 0 atom stereocenters. The second kappa shape index (κ2) is 7.43. The lowest BCUT2D eigenvalue weighted by Crippen LogP contribution is -2.19. The molecular formula is C16H12BrN3O2S. The van der Waals surface area contributed by atoms with Crippen LogP contribution < -0.4 is 5.43 Å². The predicted octanol–water partition coefficient (Wildman–Crippen LogP) is 3.83. The van der Waals surface area contributed by atoms with Gasteiger partial charge in [-0.1, -0.05) is 52.0 Å². The van der Waals surface area contributed by atoms with Crippen LogP contribution in [-0.4, -0.2) is 22.9 Å². The molecule has 0 fully saturated rings. The molecule has 3 rings (SSSR count). The van der Waals surface area contributed by atoms with Gasteiger partial charge in [0.1, 0.15) is 5.52 Å². The SMILES string of the molecule is O=C(CSc1nc2ccccc2o1)N/N=C/c1ccc(Br)cc1. The highest BCUT2D eigenvalue weighted by Crippen LogP contribution is 2.22. The molecule has 0 unspecified atom stereocenters. The zero-order valence-corrected chi connectivity index (χ0v) is 14.3. The highest BCUT2D eigenvalue weighted by molar-refractivity contribution is 9.10. The number of fused-ring (bicyclic) bond motifs is 1. The molecule has 5 nitrogen and oxygen atoms in total. The third-order valence-corrected chi connectivity index (χ3v) is 4.23. The largest absolute Gasteiger partial charge is 0.431 e. The Morgan fingerprint density at radius 3 is 2.83 bits per heavy atom. The van der Waals surface area contributed by atoms with E-state index in [1.54, 1.807) is 6.21 Å². The van der Waals surface area contributed by atoms with Gasteiger partial charge < -0.3 is 4.42 Å². The number of carbonyl (C=O) groups excluding carboxylic acids is 1. The summed E-state index contributed by atoms with van der Waals surface area (Å²) in [6, 6.07) is 15.1. The number of hydrogen-bond donors (Lipinski definition) is 1. The molecular weight excluding hydrogens is 378 g/mol. The third kappa shape index (κ3) is 4.43. The standard InChI is InChI=1S/C16H12BrN3O2S/c17-12-7-5-11(6-8-12)9-18-20-15(21)10-23-16-19-13-3-1-2-4-14(13)22-16/h1-9H,10H2,(H,20,21)/b18-9+. The van der Waals surface area contributed by atoms with Crippen molar-refractivity contribution >= 4 is 50.9 Å². The van der Waals surface area contributed by atoms with Crippen LogP contribution in [0.15, 0.2) is 67.7 Å². The van der Waals surface area contributed by atoms with E-state index >= 15 is 0 Å². The van der Waals surface area contributed by atoms with Crippen LogP contribution in [0.4, 0.5) is 0 Å². The maximum atomic E-state index is 11.8. The summed E-state index contributed by atoms with van der Waals surface area (Å²) in [5.74, 6) is -0.0320. The zero-order chi connectivity index (χ0) is 16.1. The number of thioether (sulfide) groups is 1. The first-order valence-electron chi connectivity index (χ1n) is 6.76. The molecule has 7 heteroatoms. The molecule has 2 aromatic carbocycles. The van der Waals surface area contributed by atoms with Crippen molar-refractivity contribution < 1.29 is 9.21 Å². The van der Waals surface area contributed by atoms with E-state index in [9.17, 15) is 4.79 Å². The van der Waals surface area contributed by atoms with Gasteiger partial charge in [-0.3, -0.25) is 4.79 Å². The lowest BCUT2D eigenvalue weighted by Gasteiger charge is -1.97. The number of carbonyl (C=O) groups is 1. The van der Waals surface area contributed by atoms with Crippen LogP contribution in [0.1, 0.15) is 5.56 Å². The lowest BCUT2D eigenvalue weighted by atomic mass is 10.2. The zero-order valence-electron chi connectivity index (χ0n) is 11.9. The summed E-state index contributed by atoms with van der Waals surface area (Å²) in [6.07, 6.45) is 1.59. The number of hydrazone groups is 1. The average Bonchev–Trinajstić information content (AvgIpc) is 2.98. The van der Waals surface area contributed by atoms with E-state index in [0.29, 0.717) is 10.8 Å². The van der Waals surface area contributed by atoms with E-state index in [0.717, 1.165) is 15.6 Å². The Balaban J connectivity index is 1.50. The van der Waals surface area contributed by atoms with E-state index in [2.05, 4.69) is 31.4 Å². The van der Waals surface area contributed by atoms with Crippen LogP contribution >= 0.6 is 27.7 Å². The molecule has 1 amide bonds. The quantitative estimate of drug-likeness (QED) is 0.409. The van der Waals surface area contributed by atoms with E-state index < -0.39 is 0 Å². The maximum absolute atomic E-state index is 11.8. The molecule has 1 N–H and O–H groups in total. The molecule has 0 saturated carbocycles. The molecule has 1 heterocycles. The smallest absolute Gasteiger partial charge is 0.257 e. The van der Waals surface area contributed by atoms with E-state index in [1.165, 1.54) is 11.8 Å². The number of para-hydroxylation sites is 2. The summed E-state index contributed by atoms with van der Waals surface area (Å²) in [7, 11) is 0. The van der Waals surface area contributed by atoms with Gasteiger partial charge >= 0.3 is 0 Å². The van der Waals surface area contributed by atoms with Crippen molar-refractivity contribution in [3.05, 3.63) is 58.6 Å². The fourth-order valence-electron chi connectivity index (χ4n) is 1.80. The van der Waals surface area contributed by atoms with Crippen molar-refractivity contribution in [2.24, 2.45) is 5.10 Å². The number of oxazole rings is 1. The van der Waals surface area contributed by atoms with Gasteiger partial charge in [0.25, 0.3) is 11.1 Å². The molecule has 0 saturated heterocycles. The van der Waals surface area contributed by atoms with Gasteiger partial charge in [-0.15, -0.1) is 0 Å². The number of amides is 1. The number of benzene rings is 2. The van der Waals surface area contributed by atoms with Crippen LogP contribution in [0, 0.1) is 0 Å². The van der Waals surface area contributed by atoms with Crippen molar-refractivity contribution in [1.29, 1.82) is 0 Å². The van der Waals surface area contributed by atoms with Crippen LogP contribution in [0.3, 0.4) is 0 Å². The number of halogens is 1. The molecule has 0 radical (unpaired) electrons. The number of aromatic nitrogens is 1. The predicted molar refractivity (Wildman–Crippen MR) is 94.6 cm³/mol. The Kier molecular flexibility index (Phi) is 5.09. The summed E-state index contributed by atoms with van der Waals surface area (Å²) >= 11 is 4.59. The topological polar surface area (TPSA) is 67.5 Å². The van der Waals surface area contributed by atoms with Gasteiger partial charge in [0, 0.05) is 4.47 Å². The molecule has 116 valence electrons. The van der Waals surface area contributed by atoms with Crippen molar-refractivity contribution in [3.63, 3.8) is 0 Å². The molecule has 0 aliphatic heterocycles. The van der Waals surface area contributed by atoms with Gasteiger partial charge in [-0.05, 0) is 29.8 Å². The van der Waals surface area contributed by atoms with E-state index in [-0.39, 0.29) is 11.7 Å². The maximum Gasteiger partial charge on any atom is 0.257 e. The first-order chi connectivity index (χ1) is 11.2. The minimum absolute atomic E-state index is 0.185. The van der Waals surface area contributed by atoms with Crippen LogP contribution in [-0.2, 0) is 4.79 Å². The highest BCUT2D eigenvalue weighted by atomic mass is 79.9. The monoisotopic (exact) mass is 389 g/mol. The van der Waals surface area contributed by atoms with Gasteiger partial charge in [0.15, 0.2) is 5.58 Å². The Labute approximate surface area is 145 Å². The molecule has 23 heavy (non-hydrogen) atoms. The summed E-state index contributed by atoms with van der Waals surface area (Å²) in [4.78, 5) is 16.0. The minimum Gasteiger partial charge on any atom is -0.431 e. The number of nitrogens with zero attached hydrogens (tertiary/aromatic N) is 2. The van der Waals surface area contributed by atoms with Crippen LogP contribution in [0.5, 0.6) is 0 Å². The fourth-order valence-corrected chi connectivity index (χ4v) is 2.70. The molecule has 0 bridgehead atoms. The van der Waals surface area contributed by atoms with E-state index in [4.69, 9.17) is 4.42 Å². The molecule has 3 aromatic rings. The summed E-state index contributed by atoms with van der Waals surface area (Å²) in [5.41, 5.74) is 4.87. The van der Waals surface area contributed by atoms with Crippen molar-refractivity contribution in [2.75, 3.05) is 5.75 Å².